The largest absolute Gasteiger partial charge is 0.271 e. The highest BCUT2D eigenvalue weighted by molar-refractivity contribution is 9.11. The predicted octanol–water partition coefficient (Wildman–Crippen LogP) is 4.59. The summed E-state index contributed by atoms with van der Waals surface area (Å²) in [6.45, 7) is 3.99. The number of halogens is 2. The predicted molar refractivity (Wildman–Crippen MR) is 92.8 cm³/mol. The molecule has 1 N–H and O–H groups in total. The number of hydrazone groups is 1. The van der Waals surface area contributed by atoms with Crippen molar-refractivity contribution >= 4 is 44.0 Å². The van der Waals surface area contributed by atoms with Gasteiger partial charge in [-0.1, -0.05) is 49.6 Å². The van der Waals surface area contributed by atoms with Gasteiger partial charge in [0.25, 0.3) is 5.91 Å². The third kappa shape index (κ3) is 4.25. The molecule has 0 fully saturated rings. The summed E-state index contributed by atoms with van der Waals surface area (Å²) in [6.07, 6.45) is 1.61. The number of nitrogens with zero attached hydrogens (tertiary/aromatic N) is 1. The van der Waals surface area contributed by atoms with Gasteiger partial charge in [-0.3, -0.25) is 4.79 Å². The van der Waals surface area contributed by atoms with Crippen molar-refractivity contribution in [3.8, 4) is 0 Å². The highest BCUT2D eigenvalue weighted by atomic mass is 79.9. The van der Waals surface area contributed by atoms with Crippen LogP contribution in [-0.2, 0) is 0 Å². The Balaban J connectivity index is 2.05. The molecule has 0 saturated carbocycles. The van der Waals surface area contributed by atoms with Crippen LogP contribution in [0.25, 0.3) is 0 Å². The molecule has 0 saturated heterocycles. The molecule has 0 aromatic heterocycles. The maximum atomic E-state index is 11.9. The van der Waals surface area contributed by atoms with E-state index in [-0.39, 0.29) is 5.91 Å². The molecule has 0 unspecified atom stereocenters. The monoisotopic (exact) mass is 408 g/mol. The van der Waals surface area contributed by atoms with Crippen LogP contribution in [-0.4, -0.2) is 12.1 Å². The number of amides is 1. The number of hydrogen-bond donors (Lipinski definition) is 1. The summed E-state index contributed by atoms with van der Waals surface area (Å²) in [6, 6.07) is 11.2. The number of nitrogens with one attached hydrogen (secondary N) is 1. The van der Waals surface area contributed by atoms with E-state index in [9.17, 15) is 4.79 Å². The lowest BCUT2D eigenvalue weighted by molar-refractivity contribution is 0.0955. The van der Waals surface area contributed by atoms with Crippen LogP contribution in [0.5, 0.6) is 0 Å². The van der Waals surface area contributed by atoms with E-state index in [4.69, 9.17) is 0 Å². The van der Waals surface area contributed by atoms with Crippen molar-refractivity contribution < 1.29 is 4.79 Å². The number of carbonyl (C=O) groups excluding carboxylic acids is 1. The van der Waals surface area contributed by atoms with Gasteiger partial charge in [-0.25, -0.2) is 5.43 Å². The third-order valence-electron chi connectivity index (χ3n) is 3.00. The van der Waals surface area contributed by atoms with Crippen molar-refractivity contribution in [2.75, 3.05) is 0 Å². The van der Waals surface area contributed by atoms with Crippen molar-refractivity contribution in [1.82, 2.24) is 5.43 Å². The first-order chi connectivity index (χ1) is 9.97. The maximum absolute atomic E-state index is 11.9. The van der Waals surface area contributed by atoms with E-state index in [1.165, 1.54) is 0 Å². The second kappa shape index (κ2) is 7.00. The standard InChI is InChI=1S/C16H14Br2N2O/c1-10-3-5-13(6-4-10)16(21)20-19-9-12-7-14(17)11(2)15(18)8-12/h3-9H,1-2H3,(H,20,21)/b19-9+. The molecule has 0 radical (unpaired) electrons. The van der Waals surface area contributed by atoms with Gasteiger partial charge in [-0.2, -0.15) is 5.10 Å². The molecule has 3 nitrogen and oxygen atoms in total. The fourth-order valence-corrected chi connectivity index (χ4v) is 2.90. The van der Waals surface area contributed by atoms with E-state index >= 15 is 0 Å². The van der Waals surface area contributed by atoms with Crippen LogP contribution in [0.1, 0.15) is 27.0 Å². The van der Waals surface area contributed by atoms with Gasteiger partial charge in [-0.15, -0.1) is 0 Å². The molecule has 0 heterocycles. The molecular weight excluding hydrogens is 396 g/mol. The first-order valence-corrected chi connectivity index (χ1v) is 7.91. The fraction of sp³-hybridized carbons (Fsp3) is 0.125. The lowest BCUT2D eigenvalue weighted by Crippen LogP contribution is -2.17. The van der Waals surface area contributed by atoms with E-state index in [0.717, 1.165) is 25.6 Å². The Morgan fingerprint density at radius 2 is 1.67 bits per heavy atom. The van der Waals surface area contributed by atoms with E-state index in [1.54, 1.807) is 18.3 Å². The van der Waals surface area contributed by atoms with Crippen LogP contribution in [0, 0.1) is 13.8 Å². The van der Waals surface area contributed by atoms with Crippen LogP contribution in [0.3, 0.4) is 0 Å². The minimum Gasteiger partial charge on any atom is -0.267 e. The second-order valence-corrected chi connectivity index (χ2v) is 6.38. The molecule has 5 heteroatoms. The van der Waals surface area contributed by atoms with Crippen molar-refractivity contribution in [3.05, 3.63) is 67.6 Å². The summed E-state index contributed by atoms with van der Waals surface area (Å²) in [4.78, 5) is 11.9. The summed E-state index contributed by atoms with van der Waals surface area (Å²) in [5.41, 5.74) is 6.24. The topological polar surface area (TPSA) is 41.5 Å². The number of aryl methyl sites for hydroxylation is 1. The average molecular weight is 410 g/mol. The van der Waals surface area contributed by atoms with Crippen LogP contribution in [0.2, 0.25) is 0 Å². The molecule has 0 aliphatic heterocycles. The Labute approximate surface area is 140 Å². The minimum absolute atomic E-state index is 0.225. The summed E-state index contributed by atoms with van der Waals surface area (Å²) < 4.78 is 1.98. The van der Waals surface area contributed by atoms with Gasteiger partial charge >= 0.3 is 0 Å². The van der Waals surface area contributed by atoms with Crippen molar-refractivity contribution in [3.63, 3.8) is 0 Å². The Bertz CT molecular complexity index is 671. The number of benzene rings is 2. The van der Waals surface area contributed by atoms with Crippen LogP contribution < -0.4 is 5.43 Å². The van der Waals surface area contributed by atoms with E-state index in [1.807, 2.05) is 38.1 Å². The lowest BCUT2D eigenvalue weighted by atomic mass is 10.1. The van der Waals surface area contributed by atoms with Crippen LogP contribution in [0.15, 0.2) is 50.4 Å². The van der Waals surface area contributed by atoms with Gasteiger partial charge in [0.2, 0.25) is 0 Å². The maximum Gasteiger partial charge on any atom is 0.271 e. The van der Waals surface area contributed by atoms with Gasteiger partial charge in [0.15, 0.2) is 0 Å². The molecule has 2 aromatic rings. The molecule has 0 atom stereocenters. The number of carbonyl (C=O) groups is 1. The molecule has 21 heavy (non-hydrogen) atoms. The smallest absolute Gasteiger partial charge is 0.267 e. The first kappa shape index (κ1) is 15.9. The normalized spacial score (nSPS) is 10.9. The molecule has 0 bridgehead atoms. The van der Waals surface area contributed by atoms with E-state index in [2.05, 4.69) is 42.4 Å². The van der Waals surface area contributed by atoms with E-state index < -0.39 is 0 Å². The summed E-state index contributed by atoms with van der Waals surface area (Å²) in [7, 11) is 0. The average Bonchev–Trinajstić information content (AvgIpc) is 2.45. The van der Waals surface area contributed by atoms with Crippen LogP contribution in [0.4, 0.5) is 0 Å². The highest BCUT2D eigenvalue weighted by Gasteiger charge is 2.04. The summed E-state index contributed by atoms with van der Waals surface area (Å²) in [5.74, 6) is -0.225. The summed E-state index contributed by atoms with van der Waals surface area (Å²) >= 11 is 6.96. The van der Waals surface area contributed by atoms with Crippen LogP contribution >= 0.6 is 31.9 Å². The molecule has 1 amide bonds. The van der Waals surface area contributed by atoms with Gasteiger partial charge in [0, 0.05) is 14.5 Å². The first-order valence-electron chi connectivity index (χ1n) is 6.33. The van der Waals surface area contributed by atoms with Gasteiger partial charge in [0.05, 0.1) is 6.21 Å². The Morgan fingerprint density at radius 1 is 1.10 bits per heavy atom. The van der Waals surface area contributed by atoms with E-state index in [0.29, 0.717) is 5.56 Å². The van der Waals surface area contributed by atoms with Crippen molar-refractivity contribution in [2.45, 2.75) is 13.8 Å². The Hall–Kier alpha value is -1.46. The summed E-state index contributed by atoms with van der Waals surface area (Å²) in [5, 5.41) is 3.99. The lowest BCUT2D eigenvalue weighted by Gasteiger charge is -2.03. The molecule has 108 valence electrons. The number of hydrogen-bond acceptors (Lipinski definition) is 2. The molecule has 2 aromatic carbocycles. The zero-order valence-corrected chi connectivity index (χ0v) is 14.8. The van der Waals surface area contributed by atoms with Gasteiger partial charge < -0.3 is 0 Å². The SMILES string of the molecule is Cc1ccc(C(=O)N/N=C/c2cc(Br)c(C)c(Br)c2)cc1. The zero-order valence-electron chi connectivity index (χ0n) is 11.7. The molecule has 0 spiro atoms. The molecule has 0 aliphatic carbocycles. The highest BCUT2D eigenvalue weighted by Crippen LogP contribution is 2.25. The molecule has 2 rings (SSSR count). The molecule has 0 aliphatic rings. The fourth-order valence-electron chi connectivity index (χ4n) is 1.67. The molecular formula is C16H14Br2N2O. The Morgan fingerprint density at radius 3 is 2.24 bits per heavy atom. The number of rotatable bonds is 3. The Kier molecular flexibility index (Phi) is 5.31. The minimum atomic E-state index is -0.225. The zero-order chi connectivity index (χ0) is 15.4. The third-order valence-corrected chi connectivity index (χ3v) is 4.64. The quantitative estimate of drug-likeness (QED) is 0.584. The van der Waals surface area contributed by atoms with Gasteiger partial charge in [0.1, 0.15) is 0 Å². The van der Waals surface area contributed by atoms with Gasteiger partial charge in [-0.05, 0) is 49.2 Å². The second-order valence-electron chi connectivity index (χ2n) is 4.67. The van der Waals surface area contributed by atoms with Crippen molar-refractivity contribution in [1.29, 1.82) is 0 Å². The van der Waals surface area contributed by atoms with Crippen molar-refractivity contribution in [2.24, 2.45) is 5.10 Å².